The van der Waals surface area contributed by atoms with Gasteiger partial charge in [-0.2, -0.15) is 0 Å². The van der Waals surface area contributed by atoms with Crippen molar-refractivity contribution in [3.05, 3.63) is 29.6 Å². The third kappa shape index (κ3) is 1.59. The molecule has 1 aromatic rings. The molecule has 1 unspecified atom stereocenters. The summed E-state index contributed by atoms with van der Waals surface area (Å²) in [4.78, 5) is 13.7. The summed E-state index contributed by atoms with van der Waals surface area (Å²) in [6.45, 7) is 5.12. The van der Waals surface area contributed by atoms with E-state index in [1.807, 2.05) is 13.8 Å². The largest absolute Gasteiger partial charge is 0.311 e. The summed E-state index contributed by atoms with van der Waals surface area (Å²) in [5, 5.41) is 3.12. The van der Waals surface area contributed by atoms with Gasteiger partial charge in [-0.05, 0) is 25.6 Å². The van der Waals surface area contributed by atoms with Gasteiger partial charge in [0, 0.05) is 12.1 Å². The van der Waals surface area contributed by atoms with E-state index in [2.05, 4.69) is 5.32 Å². The fourth-order valence-corrected chi connectivity index (χ4v) is 2.13. The van der Waals surface area contributed by atoms with Crippen LogP contribution in [-0.2, 0) is 4.79 Å². The molecule has 4 heteroatoms. The molecule has 1 aliphatic heterocycles. The van der Waals surface area contributed by atoms with Crippen molar-refractivity contribution in [3.63, 3.8) is 0 Å². The SMILES string of the molecule is CCNC1C(=O)N(CC)c2cc(F)ccc21. The van der Waals surface area contributed by atoms with Crippen LogP contribution in [0.3, 0.4) is 0 Å². The van der Waals surface area contributed by atoms with Gasteiger partial charge in [-0.3, -0.25) is 4.79 Å². The Kier molecular flexibility index (Phi) is 2.92. The van der Waals surface area contributed by atoms with Crippen LogP contribution in [0.2, 0.25) is 0 Å². The van der Waals surface area contributed by atoms with Crippen LogP contribution >= 0.6 is 0 Å². The van der Waals surface area contributed by atoms with Crippen LogP contribution in [0.1, 0.15) is 25.5 Å². The van der Waals surface area contributed by atoms with Gasteiger partial charge in [-0.25, -0.2) is 4.39 Å². The van der Waals surface area contributed by atoms with Gasteiger partial charge in [-0.1, -0.05) is 13.0 Å². The molecule has 0 saturated heterocycles. The number of carbonyl (C=O) groups excluding carboxylic acids is 1. The number of nitrogens with one attached hydrogen (secondary N) is 1. The number of fused-ring (bicyclic) bond motifs is 1. The normalized spacial score (nSPS) is 19.1. The maximum Gasteiger partial charge on any atom is 0.248 e. The van der Waals surface area contributed by atoms with Crippen molar-refractivity contribution < 1.29 is 9.18 Å². The third-order valence-corrected chi connectivity index (χ3v) is 2.83. The number of likely N-dealkylation sites (N-methyl/N-ethyl adjacent to an activating group) is 2. The highest BCUT2D eigenvalue weighted by molar-refractivity contribution is 6.04. The van der Waals surface area contributed by atoms with Gasteiger partial charge >= 0.3 is 0 Å². The molecule has 3 nitrogen and oxygen atoms in total. The standard InChI is InChI=1S/C12H15FN2O/c1-3-14-11-9-6-5-8(13)7-10(9)15(4-2)12(11)16/h5-7,11,14H,3-4H2,1-2H3. The number of amides is 1. The minimum absolute atomic E-state index is 0.00458. The zero-order chi connectivity index (χ0) is 11.7. The summed E-state index contributed by atoms with van der Waals surface area (Å²) in [5.74, 6) is -0.299. The van der Waals surface area contributed by atoms with E-state index in [9.17, 15) is 9.18 Å². The highest BCUT2D eigenvalue weighted by Gasteiger charge is 2.35. The summed E-state index contributed by atoms with van der Waals surface area (Å²) < 4.78 is 13.2. The molecule has 1 aliphatic rings. The Balaban J connectivity index is 2.46. The molecule has 1 heterocycles. The molecule has 1 N–H and O–H groups in total. The first kappa shape index (κ1) is 11.1. The molecule has 1 atom stereocenters. The van der Waals surface area contributed by atoms with Crippen molar-refractivity contribution in [2.45, 2.75) is 19.9 Å². The number of hydrogen-bond acceptors (Lipinski definition) is 2. The van der Waals surface area contributed by atoms with Crippen LogP contribution in [0.5, 0.6) is 0 Å². The van der Waals surface area contributed by atoms with Crippen molar-refractivity contribution >= 4 is 11.6 Å². The lowest BCUT2D eigenvalue weighted by Crippen LogP contribution is -2.34. The quantitative estimate of drug-likeness (QED) is 0.846. The number of rotatable bonds is 3. The van der Waals surface area contributed by atoms with E-state index in [1.54, 1.807) is 11.0 Å². The molecule has 0 fully saturated rings. The second kappa shape index (κ2) is 4.22. The lowest BCUT2D eigenvalue weighted by molar-refractivity contribution is -0.119. The molecule has 16 heavy (non-hydrogen) atoms. The van der Waals surface area contributed by atoms with Crippen LogP contribution in [-0.4, -0.2) is 19.0 Å². The second-order valence-corrected chi connectivity index (χ2v) is 3.78. The Morgan fingerprint density at radius 1 is 1.44 bits per heavy atom. The third-order valence-electron chi connectivity index (χ3n) is 2.83. The summed E-state index contributed by atoms with van der Waals surface area (Å²) >= 11 is 0. The summed E-state index contributed by atoms with van der Waals surface area (Å²) in [6.07, 6.45) is 0. The van der Waals surface area contributed by atoms with E-state index in [0.717, 1.165) is 5.56 Å². The first-order valence-corrected chi connectivity index (χ1v) is 5.53. The van der Waals surface area contributed by atoms with E-state index in [0.29, 0.717) is 18.8 Å². The Labute approximate surface area is 94.3 Å². The molecular formula is C12H15FN2O. The molecule has 0 aliphatic carbocycles. The lowest BCUT2D eigenvalue weighted by atomic mass is 10.1. The average Bonchev–Trinajstić information content (AvgIpc) is 2.52. The Bertz CT molecular complexity index is 419. The Morgan fingerprint density at radius 2 is 2.19 bits per heavy atom. The van der Waals surface area contributed by atoms with E-state index in [4.69, 9.17) is 0 Å². The van der Waals surface area contributed by atoms with Crippen molar-refractivity contribution in [1.82, 2.24) is 5.32 Å². The van der Waals surface area contributed by atoms with Gasteiger partial charge < -0.3 is 10.2 Å². The van der Waals surface area contributed by atoms with Crippen LogP contribution in [0.25, 0.3) is 0 Å². The number of anilines is 1. The average molecular weight is 222 g/mol. The minimum atomic E-state index is -0.319. The second-order valence-electron chi connectivity index (χ2n) is 3.78. The fraction of sp³-hybridized carbons (Fsp3) is 0.417. The smallest absolute Gasteiger partial charge is 0.248 e. The van der Waals surface area contributed by atoms with Gasteiger partial charge in [0.05, 0.1) is 5.69 Å². The Hall–Kier alpha value is -1.42. The molecule has 86 valence electrons. The maximum atomic E-state index is 13.2. The van der Waals surface area contributed by atoms with Crippen LogP contribution in [0.4, 0.5) is 10.1 Å². The highest BCUT2D eigenvalue weighted by atomic mass is 19.1. The number of benzene rings is 1. The number of hydrogen-bond donors (Lipinski definition) is 1. The molecule has 1 amide bonds. The predicted molar refractivity (Wildman–Crippen MR) is 60.8 cm³/mol. The van der Waals surface area contributed by atoms with Crippen LogP contribution in [0, 0.1) is 5.82 Å². The van der Waals surface area contributed by atoms with E-state index in [1.165, 1.54) is 12.1 Å². The first-order chi connectivity index (χ1) is 7.69. The van der Waals surface area contributed by atoms with Crippen molar-refractivity contribution in [1.29, 1.82) is 0 Å². The Morgan fingerprint density at radius 3 is 2.81 bits per heavy atom. The fourth-order valence-electron chi connectivity index (χ4n) is 2.13. The van der Waals surface area contributed by atoms with E-state index in [-0.39, 0.29) is 17.8 Å². The lowest BCUT2D eigenvalue weighted by Gasteiger charge is -2.15. The maximum absolute atomic E-state index is 13.2. The topological polar surface area (TPSA) is 32.3 Å². The number of nitrogens with zero attached hydrogens (tertiary/aromatic N) is 1. The van der Waals surface area contributed by atoms with Gasteiger partial charge in [0.1, 0.15) is 11.9 Å². The molecule has 0 spiro atoms. The molecule has 1 aromatic carbocycles. The molecule has 0 aromatic heterocycles. The summed E-state index contributed by atoms with van der Waals surface area (Å²) in [6, 6.07) is 4.19. The van der Waals surface area contributed by atoms with Crippen LogP contribution in [0.15, 0.2) is 18.2 Å². The first-order valence-electron chi connectivity index (χ1n) is 5.53. The van der Waals surface area contributed by atoms with Crippen molar-refractivity contribution in [3.8, 4) is 0 Å². The molecule has 0 saturated carbocycles. The summed E-state index contributed by atoms with van der Waals surface area (Å²) in [7, 11) is 0. The van der Waals surface area contributed by atoms with Gasteiger partial charge in [0.15, 0.2) is 0 Å². The predicted octanol–water partition coefficient (Wildman–Crippen LogP) is 1.84. The number of carbonyl (C=O) groups is 1. The molecule has 2 rings (SSSR count). The summed E-state index contributed by atoms with van der Waals surface area (Å²) in [5.41, 5.74) is 1.56. The van der Waals surface area contributed by atoms with Gasteiger partial charge in [0.2, 0.25) is 5.91 Å². The zero-order valence-electron chi connectivity index (χ0n) is 9.46. The van der Waals surface area contributed by atoms with Crippen molar-refractivity contribution in [2.75, 3.05) is 18.0 Å². The van der Waals surface area contributed by atoms with Gasteiger partial charge in [0.25, 0.3) is 0 Å². The highest BCUT2D eigenvalue weighted by Crippen LogP contribution is 2.35. The van der Waals surface area contributed by atoms with Gasteiger partial charge in [-0.15, -0.1) is 0 Å². The van der Waals surface area contributed by atoms with E-state index >= 15 is 0 Å². The number of halogens is 1. The minimum Gasteiger partial charge on any atom is -0.311 e. The van der Waals surface area contributed by atoms with Crippen molar-refractivity contribution in [2.24, 2.45) is 0 Å². The zero-order valence-corrected chi connectivity index (χ0v) is 9.46. The molecule has 0 bridgehead atoms. The molecule has 0 radical (unpaired) electrons. The van der Waals surface area contributed by atoms with E-state index < -0.39 is 0 Å². The van der Waals surface area contributed by atoms with Crippen LogP contribution < -0.4 is 10.2 Å². The monoisotopic (exact) mass is 222 g/mol. The molecular weight excluding hydrogens is 207 g/mol.